The summed E-state index contributed by atoms with van der Waals surface area (Å²) in [5.41, 5.74) is 6.74. The van der Waals surface area contributed by atoms with Crippen LogP contribution in [0.5, 0.6) is 11.5 Å². The van der Waals surface area contributed by atoms with Crippen LogP contribution in [-0.4, -0.2) is 6.04 Å². The van der Waals surface area contributed by atoms with Crippen LogP contribution in [-0.2, 0) is 6.42 Å². The van der Waals surface area contributed by atoms with Crippen molar-refractivity contribution in [2.45, 2.75) is 25.8 Å². The molecule has 21 heavy (non-hydrogen) atoms. The Hall–Kier alpha value is -1.65. The van der Waals surface area contributed by atoms with E-state index in [9.17, 15) is 8.78 Å². The zero-order valence-electron chi connectivity index (χ0n) is 11.6. The number of nitrogens with two attached hydrogens (primary N) is 1. The Labute approximate surface area is 127 Å². The summed E-state index contributed by atoms with van der Waals surface area (Å²) in [5.74, 6) is -1.77. The fraction of sp³-hybridized carbons (Fsp3) is 0.250. The van der Waals surface area contributed by atoms with Crippen LogP contribution in [0, 0.1) is 11.6 Å². The molecular weight excluding hydrogens is 296 g/mol. The summed E-state index contributed by atoms with van der Waals surface area (Å²) >= 11 is 5.95. The van der Waals surface area contributed by atoms with Gasteiger partial charge >= 0.3 is 0 Å². The molecule has 0 fully saturated rings. The highest BCUT2D eigenvalue weighted by Gasteiger charge is 2.14. The lowest BCUT2D eigenvalue weighted by Crippen LogP contribution is -2.21. The maximum atomic E-state index is 13.7. The molecule has 2 aromatic carbocycles. The van der Waals surface area contributed by atoms with Crippen molar-refractivity contribution >= 4 is 11.6 Å². The predicted molar refractivity (Wildman–Crippen MR) is 79.9 cm³/mol. The van der Waals surface area contributed by atoms with Crippen LogP contribution in [0.1, 0.15) is 18.9 Å². The first kappa shape index (κ1) is 15.7. The summed E-state index contributed by atoms with van der Waals surface area (Å²) in [6, 6.07) is 8.82. The second-order valence-corrected chi connectivity index (χ2v) is 5.21. The lowest BCUT2D eigenvalue weighted by atomic mass is 10.0. The minimum Gasteiger partial charge on any atom is -0.454 e. The van der Waals surface area contributed by atoms with Crippen LogP contribution in [0.15, 0.2) is 36.4 Å². The molecule has 112 valence electrons. The second kappa shape index (κ2) is 6.87. The Kier molecular flexibility index (Phi) is 5.15. The molecular formula is C16H16ClF2NO. The summed E-state index contributed by atoms with van der Waals surface area (Å²) in [6.07, 6.45) is 1.37. The largest absolute Gasteiger partial charge is 0.454 e. The topological polar surface area (TPSA) is 35.2 Å². The van der Waals surface area contributed by atoms with Crippen molar-refractivity contribution in [3.63, 3.8) is 0 Å². The van der Waals surface area contributed by atoms with E-state index in [1.807, 2.05) is 6.92 Å². The molecule has 2 rings (SSSR count). The van der Waals surface area contributed by atoms with E-state index in [1.54, 1.807) is 18.2 Å². The highest BCUT2D eigenvalue weighted by molar-refractivity contribution is 6.30. The van der Waals surface area contributed by atoms with Crippen LogP contribution < -0.4 is 10.5 Å². The molecule has 0 aromatic heterocycles. The van der Waals surface area contributed by atoms with Gasteiger partial charge in [-0.25, -0.2) is 4.39 Å². The smallest absolute Gasteiger partial charge is 0.201 e. The number of benzene rings is 2. The molecule has 0 amide bonds. The average molecular weight is 312 g/mol. The van der Waals surface area contributed by atoms with Gasteiger partial charge in [0.2, 0.25) is 5.82 Å². The normalized spacial score (nSPS) is 12.2. The lowest BCUT2D eigenvalue weighted by molar-refractivity contribution is 0.411. The number of hydrogen-bond acceptors (Lipinski definition) is 2. The average Bonchev–Trinajstić information content (AvgIpc) is 2.46. The van der Waals surface area contributed by atoms with Crippen LogP contribution in [0.4, 0.5) is 8.78 Å². The molecule has 5 heteroatoms. The first-order chi connectivity index (χ1) is 10.0. The molecule has 0 saturated carbocycles. The predicted octanol–water partition coefficient (Wildman–Crippen LogP) is 4.69. The fourth-order valence-corrected chi connectivity index (χ4v) is 2.06. The van der Waals surface area contributed by atoms with E-state index >= 15 is 0 Å². The number of hydrogen-bond donors (Lipinski definition) is 1. The van der Waals surface area contributed by atoms with Gasteiger partial charge in [0.15, 0.2) is 11.6 Å². The molecule has 2 N–H and O–H groups in total. The lowest BCUT2D eigenvalue weighted by Gasteiger charge is -2.15. The van der Waals surface area contributed by atoms with Crippen molar-refractivity contribution < 1.29 is 13.5 Å². The number of ether oxygens (including phenoxy) is 1. The minimum atomic E-state index is -1.02. The van der Waals surface area contributed by atoms with Crippen LogP contribution in [0.2, 0.25) is 5.02 Å². The van der Waals surface area contributed by atoms with Crippen molar-refractivity contribution in [1.82, 2.24) is 0 Å². The molecule has 0 bridgehead atoms. The monoisotopic (exact) mass is 311 g/mol. The second-order valence-electron chi connectivity index (χ2n) is 4.78. The van der Waals surface area contributed by atoms with Gasteiger partial charge < -0.3 is 10.5 Å². The van der Waals surface area contributed by atoms with E-state index < -0.39 is 11.6 Å². The Balaban J connectivity index is 2.34. The maximum absolute atomic E-state index is 13.7. The number of rotatable bonds is 5. The van der Waals surface area contributed by atoms with E-state index in [0.717, 1.165) is 18.1 Å². The van der Waals surface area contributed by atoms with Crippen molar-refractivity contribution in [1.29, 1.82) is 0 Å². The molecule has 2 aromatic rings. The highest BCUT2D eigenvalue weighted by atomic mass is 35.5. The van der Waals surface area contributed by atoms with Crippen molar-refractivity contribution in [2.75, 3.05) is 0 Å². The third kappa shape index (κ3) is 3.93. The Morgan fingerprint density at radius 1 is 1.19 bits per heavy atom. The SMILES string of the molecule is CCC(N)Cc1ccc(Cl)cc1Oc1cccc(F)c1F. The number of halogens is 3. The van der Waals surface area contributed by atoms with Crippen molar-refractivity contribution in [2.24, 2.45) is 5.73 Å². The van der Waals surface area contributed by atoms with E-state index in [0.29, 0.717) is 17.2 Å². The molecule has 1 unspecified atom stereocenters. The van der Waals surface area contributed by atoms with E-state index in [1.165, 1.54) is 12.1 Å². The summed E-state index contributed by atoms with van der Waals surface area (Å²) < 4.78 is 32.4. The zero-order valence-corrected chi connectivity index (χ0v) is 12.3. The minimum absolute atomic E-state index is 0.0362. The van der Waals surface area contributed by atoms with E-state index in [4.69, 9.17) is 22.1 Å². The summed E-state index contributed by atoms with van der Waals surface area (Å²) in [7, 11) is 0. The van der Waals surface area contributed by atoms with Gasteiger partial charge in [-0.05, 0) is 42.7 Å². The highest BCUT2D eigenvalue weighted by Crippen LogP contribution is 2.31. The quantitative estimate of drug-likeness (QED) is 0.869. The first-order valence-corrected chi connectivity index (χ1v) is 7.05. The fourth-order valence-electron chi connectivity index (χ4n) is 1.90. The van der Waals surface area contributed by atoms with Gasteiger partial charge in [-0.2, -0.15) is 4.39 Å². The third-order valence-corrected chi connectivity index (χ3v) is 3.41. The van der Waals surface area contributed by atoms with Gasteiger partial charge in [-0.3, -0.25) is 0 Å². The standard InChI is InChI=1S/C16H16ClF2NO/c1-2-12(20)8-10-6-7-11(17)9-15(10)21-14-5-3-4-13(18)16(14)19/h3-7,9,12H,2,8,20H2,1H3. The van der Waals surface area contributed by atoms with Crippen LogP contribution >= 0.6 is 11.6 Å². The molecule has 0 spiro atoms. The van der Waals surface area contributed by atoms with E-state index in [2.05, 4.69) is 0 Å². The van der Waals surface area contributed by atoms with Crippen molar-refractivity contribution in [3.8, 4) is 11.5 Å². The van der Waals surface area contributed by atoms with Crippen LogP contribution in [0.25, 0.3) is 0 Å². The molecule has 0 aliphatic heterocycles. The zero-order chi connectivity index (χ0) is 15.4. The van der Waals surface area contributed by atoms with Gasteiger partial charge in [0, 0.05) is 11.1 Å². The first-order valence-electron chi connectivity index (χ1n) is 6.67. The van der Waals surface area contributed by atoms with Gasteiger partial charge in [-0.1, -0.05) is 30.7 Å². The molecule has 1 atom stereocenters. The Morgan fingerprint density at radius 2 is 1.95 bits per heavy atom. The molecule has 0 saturated heterocycles. The van der Waals surface area contributed by atoms with Gasteiger partial charge in [0.25, 0.3) is 0 Å². The van der Waals surface area contributed by atoms with E-state index in [-0.39, 0.29) is 11.8 Å². The molecule has 0 aliphatic rings. The summed E-state index contributed by atoms with van der Waals surface area (Å²) in [5, 5.41) is 0.454. The maximum Gasteiger partial charge on any atom is 0.201 e. The molecule has 0 heterocycles. The molecule has 2 nitrogen and oxygen atoms in total. The summed E-state index contributed by atoms with van der Waals surface area (Å²) in [6.45, 7) is 1.98. The Bertz CT molecular complexity index is 634. The molecule has 0 aliphatic carbocycles. The van der Waals surface area contributed by atoms with Crippen molar-refractivity contribution in [3.05, 3.63) is 58.6 Å². The summed E-state index contributed by atoms with van der Waals surface area (Å²) in [4.78, 5) is 0. The van der Waals surface area contributed by atoms with Gasteiger partial charge in [-0.15, -0.1) is 0 Å². The molecule has 0 radical (unpaired) electrons. The van der Waals surface area contributed by atoms with Gasteiger partial charge in [0.05, 0.1) is 0 Å². The van der Waals surface area contributed by atoms with Crippen LogP contribution in [0.3, 0.4) is 0 Å². The Morgan fingerprint density at radius 3 is 2.67 bits per heavy atom. The third-order valence-electron chi connectivity index (χ3n) is 3.17. The van der Waals surface area contributed by atoms with Gasteiger partial charge in [0.1, 0.15) is 5.75 Å².